The normalized spacial score (nSPS) is 17.8. The molecule has 1 aliphatic carbocycles. The molecule has 0 unspecified atom stereocenters. The molecule has 2 aromatic rings. The van der Waals surface area contributed by atoms with E-state index in [0.717, 1.165) is 17.0 Å². The first-order valence-corrected chi connectivity index (χ1v) is 7.18. The van der Waals surface area contributed by atoms with E-state index in [4.69, 9.17) is 34.8 Å². The van der Waals surface area contributed by atoms with Gasteiger partial charge in [0, 0.05) is 11.0 Å². The van der Waals surface area contributed by atoms with Crippen LogP contribution in [0.3, 0.4) is 0 Å². The van der Waals surface area contributed by atoms with Crippen LogP contribution in [0.4, 0.5) is 0 Å². The Labute approximate surface area is 127 Å². The number of rotatable bonds is 1. The maximum atomic E-state index is 6.26. The quantitative estimate of drug-likeness (QED) is 0.596. The van der Waals surface area contributed by atoms with Crippen LogP contribution < -0.4 is 0 Å². The summed E-state index contributed by atoms with van der Waals surface area (Å²) in [7, 11) is 0. The number of halogens is 3. The zero-order valence-corrected chi connectivity index (χ0v) is 12.3. The maximum absolute atomic E-state index is 6.26. The van der Waals surface area contributed by atoms with Crippen molar-refractivity contribution in [2.24, 2.45) is 0 Å². The molecule has 0 radical (unpaired) electrons. The third kappa shape index (κ3) is 2.53. The Morgan fingerprint density at radius 1 is 0.895 bits per heavy atom. The van der Waals surface area contributed by atoms with E-state index < -0.39 is 0 Å². The third-order valence-corrected chi connectivity index (χ3v) is 4.43. The average molecular weight is 310 g/mol. The largest absolute Gasteiger partial charge is 0.0891 e. The van der Waals surface area contributed by atoms with Crippen LogP contribution in [-0.2, 0) is 0 Å². The summed E-state index contributed by atoms with van der Waals surface area (Å²) in [6.45, 7) is 0. The van der Waals surface area contributed by atoms with Crippen molar-refractivity contribution in [1.29, 1.82) is 0 Å². The van der Waals surface area contributed by atoms with Crippen LogP contribution in [-0.4, -0.2) is 0 Å². The van der Waals surface area contributed by atoms with Crippen LogP contribution in [0.25, 0.3) is 6.08 Å². The molecule has 2 aromatic carbocycles. The predicted octanol–water partition coefficient (Wildman–Crippen LogP) is 6.11. The molecular weight excluding hydrogens is 299 g/mol. The lowest BCUT2D eigenvalue weighted by molar-refractivity contribution is 0.810. The van der Waals surface area contributed by atoms with Crippen molar-refractivity contribution in [2.75, 3.05) is 0 Å². The van der Waals surface area contributed by atoms with Gasteiger partial charge in [-0.15, -0.1) is 0 Å². The van der Waals surface area contributed by atoms with E-state index in [1.165, 1.54) is 11.1 Å². The summed E-state index contributed by atoms with van der Waals surface area (Å²) in [4.78, 5) is 0. The molecule has 0 saturated carbocycles. The molecular formula is C16H11Cl3. The topological polar surface area (TPSA) is 0 Å². The molecule has 1 atom stereocenters. The summed E-state index contributed by atoms with van der Waals surface area (Å²) in [5.41, 5.74) is 3.60. The maximum Gasteiger partial charge on any atom is 0.0595 e. The van der Waals surface area contributed by atoms with Crippen LogP contribution in [0, 0.1) is 0 Å². The molecule has 3 heteroatoms. The third-order valence-electron chi connectivity index (χ3n) is 3.43. The highest BCUT2D eigenvalue weighted by atomic mass is 35.5. The molecule has 0 nitrogen and oxygen atoms in total. The fraction of sp³-hybridized carbons (Fsp3) is 0.125. The van der Waals surface area contributed by atoms with Gasteiger partial charge in [-0.05, 0) is 41.3 Å². The summed E-state index contributed by atoms with van der Waals surface area (Å²) in [5, 5.41) is 2.04. The molecule has 0 amide bonds. The van der Waals surface area contributed by atoms with Gasteiger partial charge in [0.2, 0.25) is 0 Å². The predicted molar refractivity (Wildman–Crippen MR) is 83.2 cm³/mol. The average Bonchev–Trinajstić information content (AvgIpc) is 2.41. The van der Waals surface area contributed by atoms with Gasteiger partial charge in [0.25, 0.3) is 0 Å². The van der Waals surface area contributed by atoms with Gasteiger partial charge in [-0.25, -0.2) is 0 Å². The number of benzene rings is 2. The highest BCUT2D eigenvalue weighted by molar-refractivity contribution is 6.42. The fourth-order valence-corrected chi connectivity index (χ4v) is 3.10. The first-order valence-electron chi connectivity index (χ1n) is 6.05. The Bertz CT molecular complexity index is 659. The molecule has 0 heterocycles. The molecule has 0 bridgehead atoms. The SMILES string of the molecule is ClC1=Cc2ccccc2[C@H](c2ccc(Cl)c(Cl)c2)C1. The van der Waals surface area contributed by atoms with E-state index >= 15 is 0 Å². The zero-order valence-electron chi connectivity index (χ0n) is 10.0. The van der Waals surface area contributed by atoms with E-state index in [2.05, 4.69) is 18.2 Å². The van der Waals surface area contributed by atoms with Crippen LogP contribution in [0.2, 0.25) is 10.0 Å². The van der Waals surface area contributed by atoms with Crippen molar-refractivity contribution in [1.82, 2.24) is 0 Å². The van der Waals surface area contributed by atoms with Crippen molar-refractivity contribution in [3.63, 3.8) is 0 Å². The molecule has 0 saturated heterocycles. The van der Waals surface area contributed by atoms with Crippen LogP contribution in [0.5, 0.6) is 0 Å². The lowest BCUT2D eigenvalue weighted by Gasteiger charge is -2.24. The minimum absolute atomic E-state index is 0.239. The highest BCUT2D eigenvalue weighted by Gasteiger charge is 2.22. The van der Waals surface area contributed by atoms with Crippen LogP contribution in [0.1, 0.15) is 29.0 Å². The summed E-state index contributed by atoms with van der Waals surface area (Å²) in [6, 6.07) is 14.1. The lowest BCUT2D eigenvalue weighted by Crippen LogP contribution is -2.07. The van der Waals surface area contributed by atoms with Gasteiger partial charge in [-0.2, -0.15) is 0 Å². The monoisotopic (exact) mass is 308 g/mol. The Morgan fingerprint density at radius 2 is 1.68 bits per heavy atom. The first-order chi connectivity index (χ1) is 9.15. The van der Waals surface area contributed by atoms with Gasteiger partial charge in [-0.3, -0.25) is 0 Å². The van der Waals surface area contributed by atoms with E-state index in [0.29, 0.717) is 10.0 Å². The van der Waals surface area contributed by atoms with Gasteiger partial charge in [0.15, 0.2) is 0 Å². The van der Waals surface area contributed by atoms with Crippen molar-refractivity contribution in [3.05, 3.63) is 74.2 Å². The number of hydrogen-bond donors (Lipinski definition) is 0. The van der Waals surface area contributed by atoms with Crippen molar-refractivity contribution in [2.45, 2.75) is 12.3 Å². The van der Waals surface area contributed by atoms with E-state index in [9.17, 15) is 0 Å². The number of fused-ring (bicyclic) bond motifs is 1. The smallest absolute Gasteiger partial charge is 0.0595 e. The Hall–Kier alpha value is -0.950. The summed E-state index contributed by atoms with van der Waals surface area (Å²) in [5.74, 6) is 0.239. The van der Waals surface area contributed by atoms with Gasteiger partial charge < -0.3 is 0 Å². The van der Waals surface area contributed by atoms with Gasteiger partial charge in [-0.1, -0.05) is 65.1 Å². The molecule has 0 aromatic heterocycles. The van der Waals surface area contributed by atoms with Crippen LogP contribution in [0.15, 0.2) is 47.5 Å². The minimum Gasteiger partial charge on any atom is -0.0891 e. The van der Waals surface area contributed by atoms with Crippen LogP contribution >= 0.6 is 34.8 Å². The van der Waals surface area contributed by atoms with Gasteiger partial charge >= 0.3 is 0 Å². The summed E-state index contributed by atoms with van der Waals surface area (Å²) < 4.78 is 0. The molecule has 1 aliphatic rings. The lowest BCUT2D eigenvalue weighted by atomic mass is 9.82. The van der Waals surface area contributed by atoms with E-state index in [-0.39, 0.29) is 5.92 Å². The molecule has 3 rings (SSSR count). The highest BCUT2D eigenvalue weighted by Crippen LogP contribution is 2.40. The second-order valence-electron chi connectivity index (χ2n) is 4.65. The van der Waals surface area contributed by atoms with Crippen molar-refractivity contribution >= 4 is 40.9 Å². The molecule has 19 heavy (non-hydrogen) atoms. The molecule has 0 aliphatic heterocycles. The second kappa shape index (κ2) is 5.20. The fourth-order valence-electron chi connectivity index (χ4n) is 2.52. The summed E-state index contributed by atoms with van der Waals surface area (Å²) in [6.07, 6.45) is 2.83. The van der Waals surface area contributed by atoms with E-state index in [1.54, 1.807) is 0 Å². The van der Waals surface area contributed by atoms with Gasteiger partial charge in [0.05, 0.1) is 10.0 Å². The Balaban J connectivity index is 2.10. The van der Waals surface area contributed by atoms with Crippen molar-refractivity contribution in [3.8, 4) is 0 Å². The minimum atomic E-state index is 0.239. The first kappa shape index (κ1) is 13.1. The van der Waals surface area contributed by atoms with Gasteiger partial charge in [0.1, 0.15) is 0 Å². The standard InChI is InChI=1S/C16H11Cl3/c17-12-7-10-3-1-2-4-13(10)14(9-12)11-5-6-15(18)16(19)8-11/h1-8,14H,9H2/t14-/m0/s1. The Morgan fingerprint density at radius 3 is 2.47 bits per heavy atom. The molecule has 0 N–H and O–H groups in total. The summed E-state index contributed by atoms with van der Waals surface area (Å²) >= 11 is 18.4. The molecule has 0 fully saturated rings. The van der Waals surface area contributed by atoms with E-state index in [1.807, 2.05) is 30.3 Å². The molecule has 0 spiro atoms. The Kier molecular flexibility index (Phi) is 3.58. The second-order valence-corrected chi connectivity index (χ2v) is 5.95. The molecule has 96 valence electrons. The zero-order chi connectivity index (χ0) is 13.4. The number of allylic oxidation sites excluding steroid dienone is 1. The van der Waals surface area contributed by atoms with Crippen molar-refractivity contribution < 1.29 is 0 Å². The number of hydrogen-bond acceptors (Lipinski definition) is 0.